The predicted molar refractivity (Wildman–Crippen MR) is 62.7 cm³/mol. The van der Waals surface area contributed by atoms with E-state index in [2.05, 4.69) is 38.7 Å². The molecule has 0 spiro atoms. The molecule has 1 aromatic carbocycles. The second kappa shape index (κ2) is 3.95. The van der Waals surface area contributed by atoms with E-state index in [1.54, 1.807) is 11.0 Å². The van der Waals surface area contributed by atoms with Gasteiger partial charge in [-0.05, 0) is 40.3 Å². The lowest BCUT2D eigenvalue weighted by atomic mass is 10.2. The Kier molecular flexibility index (Phi) is 2.67. The van der Waals surface area contributed by atoms with E-state index in [1.807, 2.05) is 12.1 Å². The van der Waals surface area contributed by atoms with Crippen molar-refractivity contribution in [2.75, 3.05) is 5.73 Å². The molecule has 0 saturated carbocycles. The standard InChI is InChI=1S/C9H9IN4/c10-8-3-7(1-2-9(8)11)4-14-6-12-5-13-14/h1-3,5-6H,4,11H2. The average Bonchev–Trinajstić information content (AvgIpc) is 2.64. The van der Waals surface area contributed by atoms with Gasteiger partial charge in [0.1, 0.15) is 12.7 Å². The van der Waals surface area contributed by atoms with E-state index in [0.717, 1.165) is 15.8 Å². The van der Waals surface area contributed by atoms with Gasteiger partial charge < -0.3 is 5.73 Å². The molecule has 72 valence electrons. The normalized spacial score (nSPS) is 10.4. The van der Waals surface area contributed by atoms with Gasteiger partial charge >= 0.3 is 0 Å². The van der Waals surface area contributed by atoms with Crippen LogP contribution in [0.4, 0.5) is 5.69 Å². The van der Waals surface area contributed by atoms with Gasteiger partial charge in [-0.25, -0.2) is 9.67 Å². The number of nitrogens with zero attached hydrogens (tertiary/aromatic N) is 3. The average molecular weight is 300 g/mol. The second-order valence-corrected chi connectivity index (χ2v) is 4.11. The zero-order valence-electron chi connectivity index (χ0n) is 7.39. The Bertz CT molecular complexity index is 424. The van der Waals surface area contributed by atoms with E-state index in [1.165, 1.54) is 11.9 Å². The van der Waals surface area contributed by atoms with Crippen molar-refractivity contribution in [1.29, 1.82) is 0 Å². The number of halogens is 1. The van der Waals surface area contributed by atoms with Gasteiger partial charge in [0.15, 0.2) is 0 Å². The molecule has 0 aliphatic heterocycles. The van der Waals surface area contributed by atoms with E-state index >= 15 is 0 Å². The van der Waals surface area contributed by atoms with Gasteiger partial charge in [0, 0.05) is 9.26 Å². The zero-order chi connectivity index (χ0) is 9.97. The molecule has 0 fully saturated rings. The van der Waals surface area contributed by atoms with Crippen LogP contribution in [-0.2, 0) is 6.54 Å². The van der Waals surface area contributed by atoms with Crippen LogP contribution in [-0.4, -0.2) is 14.8 Å². The molecule has 5 heteroatoms. The van der Waals surface area contributed by atoms with E-state index in [-0.39, 0.29) is 0 Å². The van der Waals surface area contributed by atoms with Crippen LogP contribution >= 0.6 is 22.6 Å². The molecule has 0 unspecified atom stereocenters. The molecular formula is C9H9IN4. The van der Waals surface area contributed by atoms with Crippen LogP contribution in [0.25, 0.3) is 0 Å². The lowest BCUT2D eigenvalue weighted by Crippen LogP contribution is -2.01. The molecule has 1 heterocycles. The van der Waals surface area contributed by atoms with Gasteiger partial charge in [0.25, 0.3) is 0 Å². The van der Waals surface area contributed by atoms with Crippen LogP contribution in [0.5, 0.6) is 0 Å². The van der Waals surface area contributed by atoms with Crippen molar-refractivity contribution in [2.24, 2.45) is 0 Å². The second-order valence-electron chi connectivity index (χ2n) is 2.95. The molecule has 0 atom stereocenters. The Morgan fingerprint density at radius 3 is 2.93 bits per heavy atom. The highest BCUT2D eigenvalue weighted by Crippen LogP contribution is 2.16. The molecule has 0 saturated heterocycles. The van der Waals surface area contributed by atoms with Crippen molar-refractivity contribution in [3.8, 4) is 0 Å². The van der Waals surface area contributed by atoms with Crippen molar-refractivity contribution in [2.45, 2.75) is 6.54 Å². The van der Waals surface area contributed by atoms with Crippen molar-refractivity contribution >= 4 is 28.3 Å². The smallest absolute Gasteiger partial charge is 0.137 e. The fraction of sp³-hybridized carbons (Fsp3) is 0.111. The first-order valence-electron chi connectivity index (χ1n) is 4.12. The van der Waals surface area contributed by atoms with Gasteiger partial charge in [-0.2, -0.15) is 5.10 Å². The summed E-state index contributed by atoms with van der Waals surface area (Å²) in [4.78, 5) is 3.88. The summed E-state index contributed by atoms with van der Waals surface area (Å²) in [5, 5.41) is 4.04. The fourth-order valence-corrected chi connectivity index (χ4v) is 1.75. The minimum absolute atomic E-state index is 0.732. The van der Waals surface area contributed by atoms with Crippen molar-refractivity contribution in [3.05, 3.63) is 40.0 Å². The van der Waals surface area contributed by atoms with Crippen LogP contribution < -0.4 is 5.73 Å². The topological polar surface area (TPSA) is 56.7 Å². The summed E-state index contributed by atoms with van der Waals surface area (Å²) in [6, 6.07) is 5.96. The molecule has 4 nitrogen and oxygen atoms in total. The van der Waals surface area contributed by atoms with Crippen LogP contribution in [0.15, 0.2) is 30.9 Å². The summed E-state index contributed by atoms with van der Waals surface area (Å²) in [7, 11) is 0. The zero-order valence-corrected chi connectivity index (χ0v) is 9.55. The lowest BCUT2D eigenvalue weighted by Gasteiger charge is -2.03. The Morgan fingerprint density at radius 1 is 1.43 bits per heavy atom. The van der Waals surface area contributed by atoms with Gasteiger partial charge in [-0.1, -0.05) is 6.07 Å². The third-order valence-electron chi connectivity index (χ3n) is 1.88. The number of benzene rings is 1. The molecule has 2 aromatic rings. The van der Waals surface area contributed by atoms with E-state index in [4.69, 9.17) is 5.73 Å². The highest BCUT2D eigenvalue weighted by atomic mass is 127. The first-order chi connectivity index (χ1) is 6.75. The minimum Gasteiger partial charge on any atom is -0.398 e. The molecule has 0 aliphatic carbocycles. The number of nitrogens with two attached hydrogens (primary N) is 1. The van der Waals surface area contributed by atoms with Gasteiger partial charge in [-0.3, -0.25) is 0 Å². The number of nitrogen functional groups attached to an aromatic ring is 1. The van der Waals surface area contributed by atoms with Crippen molar-refractivity contribution in [3.63, 3.8) is 0 Å². The maximum atomic E-state index is 5.72. The number of hydrogen-bond donors (Lipinski definition) is 1. The summed E-state index contributed by atoms with van der Waals surface area (Å²) >= 11 is 2.22. The first-order valence-corrected chi connectivity index (χ1v) is 5.20. The van der Waals surface area contributed by atoms with Crippen LogP contribution in [0.1, 0.15) is 5.56 Å². The van der Waals surface area contributed by atoms with E-state index < -0.39 is 0 Å². The summed E-state index contributed by atoms with van der Waals surface area (Å²) in [6.07, 6.45) is 3.23. The molecule has 2 rings (SSSR count). The molecule has 0 aliphatic rings. The Balaban J connectivity index is 2.22. The SMILES string of the molecule is Nc1ccc(Cn2cncn2)cc1I. The summed E-state index contributed by atoms with van der Waals surface area (Å²) < 4.78 is 2.85. The van der Waals surface area contributed by atoms with Gasteiger partial charge in [-0.15, -0.1) is 0 Å². The maximum absolute atomic E-state index is 5.72. The lowest BCUT2D eigenvalue weighted by molar-refractivity contribution is 0.684. The Hall–Kier alpha value is -1.11. The third kappa shape index (κ3) is 2.03. The quantitative estimate of drug-likeness (QED) is 0.675. The number of aromatic nitrogens is 3. The maximum Gasteiger partial charge on any atom is 0.137 e. The molecular weight excluding hydrogens is 291 g/mol. The van der Waals surface area contributed by atoms with Crippen molar-refractivity contribution in [1.82, 2.24) is 14.8 Å². The van der Waals surface area contributed by atoms with Gasteiger partial charge in [0.05, 0.1) is 6.54 Å². The summed E-state index contributed by atoms with van der Waals surface area (Å²) in [6.45, 7) is 0.732. The molecule has 0 amide bonds. The van der Waals surface area contributed by atoms with Crippen LogP contribution in [0.2, 0.25) is 0 Å². The number of hydrogen-bond acceptors (Lipinski definition) is 3. The largest absolute Gasteiger partial charge is 0.398 e. The number of anilines is 1. The number of rotatable bonds is 2. The molecule has 14 heavy (non-hydrogen) atoms. The van der Waals surface area contributed by atoms with Crippen molar-refractivity contribution < 1.29 is 0 Å². The van der Waals surface area contributed by atoms with E-state index in [0.29, 0.717) is 0 Å². The van der Waals surface area contributed by atoms with E-state index in [9.17, 15) is 0 Å². The summed E-state index contributed by atoms with van der Waals surface area (Å²) in [5.41, 5.74) is 7.71. The Morgan fingerprint density at radius 2 is 2.29 bits per heavy atom. The molecule has 2 N–H and O–H groups in total. The fourth-order valence-electron chi connectivity index (χ4n) is 1.17. The predicted octanol–water partition coefficient (Wildman–Crippen LogP) is 1.51. The third-order valence-corrected chi connectivity index (χ3v) is 2.81. The van der Waals surface area contributed by atoms with Crippen LogP contribution in [0.3, 0.4) is 0 Å². The first kappa shape index (κ1) is 9.45. The monoisotopic (exact) mass is 300 g/mol. The minimum atomic E-state index is 0.732. The molecule has 1 aromatic heterocycles. The highest BCUT2D eigenvalue weighted by molar-refractivity contribution is 14.1. The van der Waals surface area contributed by atoms with Crippen LogP contribution in [0, 0.1) is 3.57 Å². The molecule has 0 bridgehead atoms. The summed E-state index contributed by atoms with van der Waals surface area (Å²) in [5.74, 6) is 0. The Labute approximate surface area is 95.3 Å². The van der Waals surface area contributed by atoms with Gasteiger partial charge in [0.2, 0.25) is 0 Å². The highest BCUT2D eigenvalue weighted by Gasteiger charge is 1.99. The molecule has 0 radical (unpaired) electrons.